The fraction of sp³-hybridized carbons (Fsp3) is 0. The molecule has 4 aromatic rings. The van der Waals surface area contributed by atoms with Gasteiger partial charge in [-0.15, -0.1) is 0 Å². The molecule has 1 aliphatic carbocycles. The van der Waals surface area contributed by atoms with E-state index in [1.165, 1.54) is 0 Å². The van der Waals surface area contributed by atoms with Gasteiger partial charge < -0.3 is 0 Å². The lowest BCUT2D eigenvalue weighted by Gasteiger charge is -2.19. The van der Waals surface area contributed by atoms with Crippen LogP contribution in [0.25, 0.3) is 32.9 Å². The van der Waals surface area contributed by atoms with Crippen LogP contribution in [0, 0.1) is 0 Å². The minimum atomic E-state index is -0.0538. The zero-order valence-electron chi connectivity index (χ0n) is 11.9. The fourth-order valence-electron chi connectivity index (χ4n) is 3.31. The van der Waals surface area contributed by atoms with Crippen molar-refractivity contribution >= 4 is 39.1 Å². The van der Waals surface area contributed by atoms with Crippen LogP contribution >= 0.6 is 11.6 Å². The highest BCUT2D eigenvalue weighted by molar-refractivity contribution is 6.32. The molecule has 3 nitrogen and oxygen atoms in total. The number of ketones is 1. The smallest absolute Gasteiger partial charge is 0.212 e. The Kier molecular flexibility index (Phi) is 2.42. The van der Waals surface area contributed by atoms with E-state index >= 15 is 0 Å². The van der Waals surface area contributed by atoms with Crippen LogP contribution in [0.3, 0.4) is 0 Å². The number of hydrogen-bond acceptors (Lipinski definition) is 3. The highest BCUT2D eigenvalue weighted by atomic mass is 35.5. The summed E-state index contributed by atoms with van der Waals surface area (Å²) < 4.78 is 0. The van der Waals surface area contributed by atoms with E-state index in [0.29, 0.717) is 16.3 Å². The summed E-state index contributed by atoms with van der Waals surface area (Å²) in [5, 5.41) is 3.36. The summed E-state index contributed by atoms with van der Waals surface area (Å²) in [6.07, 6.45) is 1.67. The zero-order valence-corrected chi connectivity index (χ0v) is 12.6. The van der Waals surface area contributed by atoms with Crippen LogP contribution in [-0.2, 0) is 0 Å². The lowest BCUT2D eigenvalue weighted by molar-refractivity contribution is 0.103. The predicted molar refractivity (Wildman–Crippen MR) is 90.9 cm³/mol. The molecule has 0 N–H and O–H groups in total. The van der Waals surface area contributed by atoms with Gasteiger partial charge in [0.05, 0.1) is 11.2 Å². The summed E-state index contributed by atoms with van der Waals surface area (Å²) in [4.78, 5) is 21.9. The number of nitrogens with zero attached hydrogens (tertiary/aromatic N) is 2. The van der Waals surface area contributed by atoms with Gasteiger partial charge in [-0.2, -0.15) is 0 Å². The minimum Gasteiger partial charge on any atom is -0.287 e. The number of carbonyl (C=O) groups is 1. The van der Waals surface area contributed by atoms with Crippen molar-refractivity contribution < 1.29 is 4.79 Å². The lowest BCUT2D eigenvalue weighted by Crippen LogP contribution is -2.12. The van der Waals surface area contributed by atoms with E-state index in [4.69, 9.17) is 16.6 Å². The molecule has 0 unspecified atom stereocenters. The van der Waals surface area contributed by atoms with Crippen molar-refractivity contribution in [1.29, 1.82) is 0 Å². The Morgan fingerprint density at radius 3 is 2.57 bits per heavy atom. The third-order valence-electron chi connectivity index (χ3n) is 4.31. The molecule has 0 saturated heterocycles. The van der Waals surface area contributed by atoms with Crippen LogP contribution in [-0.4, -0.2) is 15.8 Å². The topological polar surface area (TPSA) is 42.9 Å². The molecule has 1 aliphatic rings. The summed E-state index contributed by atoms with van der Waals surface area (Å²) >= 11 is 6.15. The molecule has 0 amide bonds. The second kappa shape index (κ2) is 4.37. The molecule has 0 spiro atoms. The molecule has 108 valence electrons. The molecule has 2 heterocycles. The van der Waals surface area contributed by atoms with Crippen molar-refractivity contribution in [2.45, 2.75) is 0 Å². The molecule has 0 aliphatic heterocycles. The monoisotopic (exact) mass is 316 g/mol. The average molecular weight is 317 g/mol. The molecular formula is C19H9ClN2O. The molecule has 0 fully saturated rings. The van der Waals surface area contributed by atoms with Crippen LogP contribution in [0.15, 0.2) is 54.7 Å². The number of fused-ring (bicyclic) bond motifs is 4. The largest absolute Gasteiger partial charge is 0.287 e. The maximum atomic E-state index is 12.8. The molecule has 2 aromatic carbocycles. The molecule has 0 bridgehead atoms. The van der Waals surface area contributed by atoms with E-state index < -0.39 is 0 Å². The van der Waals surface area contributed by atoms with Crippen LogP contribution in [0.4, 0.5) is 0 Å². The number of pyridine rings is 2. The first-order valence-corrected chi connectivity index (χ1v) is 7.64. The van der Waals surface area contributed by atoms with Crippen LogP contribution in [0.2, 0.25) is 5.02 Å². The number of benzene rings is 2. The van der Waals surface area contributed by atoms with E-state index in [9.17, 15) is 4.79 Å². The zero-order chi connectivity index (χ0) is 15.6. The van der Waals surface area contributed by atoms with Gasteiger partial charge in [-0.25, -0.2) is 4.98 Å². The Morgan fingerprint density at radius 1 is 0.870 bits per heavy atom. The fourth-order valence-corrected chi connectivity index (χ4v) is 3.48. The van der Waals surface area contributed by atoms with Crippen molar-refractivity contribution in [3.05, 3.63) is 71.0 Å². The SMILES string of the molecule is O=C1c2ccccc2-c2nc3ccc(Cl)cc3c3ccnc1c23. The summed E-state index contributed by atoms with van der Waals surface area (Å²) in [5.41, 5.74) is 3.65. The van der Waals surface area contributed by atoms with Crippen molar-refractivity contribution in [2.24, 2.45) is 0 Å². The van der Waals surface area contributed by atoms with E-state index in [0.717, 1.165) is 32.9 Å². The Morgan fingerprint density at radius 2 is 1.70 bits per heavy atom. The second-order valence-corrected chi connectivity index (χ2v) is 6.02. The minimum absolute atomic E-state index is 0.0538. The first-order valence-electron chi connectivity index (χ1n) is 7.26. The number of halogens is 1. The molecule has 0 radical (unpaired) electrons. The standard InChI is InChI=1S/C19H9ClN2O/c20-10-5-6-15-14(9-10)11-7-8-21-18-16(11)17(22-15)12-3-1-2-4-13(12)19(18)23/h1-9H. The van der Waals surface area contributed by atoms with Gasteiger partial charge in [0.15, 0.2) is 0 Å². The van der Waals surface area contributed by atoms with Crippen molar-refractivity contribution in [3.63, 3.8) is 0 Å². The Hall–Kier alpha value is -2.78. The van der Waals surface area contributed by atoms with Crippen molar-refractivity contribution in [1.82, 2.24) is 9.97 Å². The quantitative estimate of drug-likeness (QED) is 0.391. The van der Waals surface area contributed by atoms with E-state index in [-0.39, 0.29) is 5.78 Å². The Labute approximate surface area is 136 Å². The van der Waals surface area contributed by atoms with Gasteiger partial charge in [-0.3, -0.25) is 9.78 Å². The summed E-state index contributed by atoms with van der Waals surface area (Å²) in [7, 11) is 0. The molecule has 5 rings (SSSR count). The number of hydrogen-bond donors (Lipinski definition) is 0. The maximum Gasteiger partial charge on any atom is 0.212 e. The Bertz CT molecular complexity index is 1150. The highest BCUT2D eigenvalue weighted by Gasteiger charge is 2.27. The van der Waals surface area contributed by atoms with Gasteiger partial charge in [0.1, 0.15) is 5.69 Å². The van der Waals surface area contributed by atoms with Crippen LogP contribution in [0.5, 0.6) is 0 Å². The van der Waals surface area contributed by atoms with Crippen LogP contribution < -0.4 is 0 Å². The molecule has 4 heteroatoms. The first kappa shape index (κ1) is 12.7. The average Bonchev–Trinajstić information content (AvgIpc) is 2.59. The Balaban J connectivity index is 2.08. The molecule has 0 atom stereocenters. The predicted octanol–water partition coefficient (Wildman–Crippen LogP) is 4.65. The maximum absolute atomic E-state index is 12.8. The van der Waals surface area contributed by atoms with Gasteiger partial charge >= 0.3 is 0 Å². The second-order valence-electron chi connectivity index (χ2n) is 5.58. The lowest BCUT2D eigenvalue weighted by atomic mass is 9.87. The van der Waals surface area contributed by atoms with Gasteiger partial charge in [0.25, 0.3) is 0 Å². The van der Waals surface area contributed by atoms with Gasteiger partial charge in [0.2, 0.25) is 5.78 Å². The van der Waals surface area contributed by atoms with Crippen LogP contribution in [0.1, 0.15) is 16.1 Å². The molecule has 23 heavy (non-hydrogen) atoms. The normalized spacial score (nSPS) is 12.7. The van der Waals surface area contributed by atoms with Crippen molar-refractivity contribution in [2.75, 3.05) is 0 Å². The van der Waals surface area contributed by atoms with Crippen molar-refractivity contribution in [3.8, 4) is 11.3 Å². The van der Waals surface area contributed by atoms with Gasteiger partial charge in [-0.1, -0.05) is 35.9 Å². The number of aromatic nitrogens is 2. The third kappa shape index (κ3) is 1.63. The molecular weight excluding hydrogens is 308 g/mol. The van der Waals surface area contributed by atoms with E-state index in [1.54, 1.807) is 6.20 Å². The third-order valence-corrected chi connectivity index (χ3v) is 4.55. The molecule has 0 saturated carbocycles. The van der Waals surface area contributed by atoms with Gasteiger partial charge in [0, 0.05) is 33.1 Å². The summed E-state index contributed by atoms with van der Waals surface area (Å²) in [5.74, 6) is -0.0538. The first-order chi connectivity index (χ1) is 11.2. The summed E-state index contributed by atoms with van der Waals surface area (Å²) in [6, 6.07) is 15.1. The van der Waals surface area contributed by atoms with E-state index in [2.05, 4.69) is 4.98 Å². The van der Waals surface area contributed by atoms with E-state index in [1.807, 2.05) is 48.5 Å². The highest BCUT2D eigenvalue weighted by Crippen LogP contribution is 2.40. The molecule has 2 aromatic heterocycles. The number of carbonyl (C=O) groups excluding carboxylic acids is 1. The number of rotatable bonds is 0. The summed E-state index contributed by atoms with van der Waals surface area (Å²) in [6.45, 7) is 0. The van der Waals surface area contributed by atoms with Gasteiger partial charge in [-0.05, 0) is 29.7 Å².